The summed E-state index contributed by atoms with van der Waals surface area (Å²) in [6, 6.07) is 9.92. The topological polar surface area (TPSA) is 91.8 Å². The molecule has 1 aromatic carbocycles. The van der Waals surface area contributed by atoms with Crippen LogP contribution in [0.4, 0.5) is 0 Å². The van der Waals surface area contributed by atoms with Crippen molar-refractivity contribution in [3.63, 3.8) is 0 Å². The molecule has 2 N–H and O–H groups in total. The zero-order valence-electron chi connectivity index (χ0n) is 12.4. The van der Waals surface area contributed by atoms with E-state index in [4.69, 9.17) is 0 Å². The SMILES string of the molecule is O=C(O)[C@@H](C1CCCC1)[C@H](Cc1ccccc1)c1nn[nH]n1. The Kier molecular flexibility index (Phi) is 4.46. The van der Waals surface area contributed by atoms with Crippen LogP contribution in [0.3, 0.4) is 0 Å². The summed E-state index contributed by atoms with van der Waals surface area (Å²) in [6.45, 7) is 0. The molecule has 1 saturated carbocycles. The molecule has 1 heterocycles. The highest BCUT2D eigenvalue weighted by Gasteiger charge is 2.39. The Morgan fingerprint density at radius 1 is 1.27 bits per heavy atom. The fraction of sp³-hybridized carbons (Fsp3) is 0.500. The van der Waals surface area contributed by atoms with Gasteiger partial charge in [-0.25, -0.2) is 0 Å². The molecule has 2 atom stereocenters. The van der Waals surface area contributed by atoms with Crippen molar-refractivity contribution in [1.29, 1.82) is 0 Å². The molecule has 1 aliphatic rings. The maximum absolute atomic E-state index is 11.9. The lowest BCUT2D eigenvalue weighted by Gasteiger charge is -2.26. The van der Waals surface area contributed by atoms with Gasteiger partial charge in [0.15, 0.2) is 5.82 Å². The molecule has 0 amide bonds. The van der Waals surface area contributed by atoms with E-state index in [0.717, 1.165) is 31.2 Å². The summed E-state index contributed by atoms with van der Waals surface area (Å²) < 4.78 is 0. The first-order chi connectivity index (χ1) is 10.8. The Hall–Kier alpha value is -2.24. The van der Waals surface area contributed by atoms with E-state index in [0.29, 0.717) is 12.2 Å². The normalized spacial score (nSPS) is 18.2. The number of aromatic nitrogens is 4. The number of carboxylic acids is 1. The van der Waals surface area contributed by atoms with E-state index in [-0.39, 0.29) is 11.8 Å². The van der Waals surface area contributed by atoms with Crippen molar-refractivity contribution in [3.05, 3.63) is 41.7 Å². The van der Waals surface area contributed by atoms with Gasteiger partial charge in [0.2, 0.25) is 0 Å². The van der Waals surface area contributed by atoms with Crippen LogP contribution in [-0.4, -0.2) is 31.7 Å². The number of tetrazole rings is 1. The summed E-state index contributed by atoms with van der Waals surface area (Å²) >= 11 is 0. The quantitative estimate of drug-likeness (QED) is 0.854. The minimum Gasteiger partial charge on any atom is -0.481 e. The second-order valence-corrected chi connectivity index (χ2v) is 5.97. The number of aromatic amines is 1. The number of hydrogen-bond donors (Lipinski definition) is 2. The van der Waals surface area contributed by atoms with E-state index in [9.17, 15) is 9.90 Å². The van der Waals surface area contributed by atoms with Crippen molar-refractivity contribution < 1.29 is 9.90 Å². The average molecular weight is 300 g/mol. The Morgan fingerprint density at radius 2 is 2.00 bits per heavy atom. The minimum atomic E-state index is -0.752. The highest BCUT2D eigenvalue weighted by molar-refractivity contribution is 5.71. The van der Waals surface area contributed by atoms with Gasteiger partial charge in [-0.2, -0.15) is 5.21 Å². The van der Waals surface area contributed by atoms with Gasteiger partial charge in [0.05, 0.1) is 5.92 Å². The summed E-state index contributed by atoms with van der Waals surface area (Å²) in [6.07, 6.45) is 4.78. The molecule has 0 bridgehead atoms. The maximum atomic E-state index is 11.9. The van der Waals surface area contributed by atoms with Crippen molar-refractivity contribution in [1.82, 2.24) is 20.6 Å². The van der Waals surface area contributed by atoms with Gasteiger partial charge in [-0.05, 0) is 30.7 Å². The first kappa shape index (κ1) is 14.7. The molecule has 3 rings (SSSR count). The Labute approximate surface area is 128 Å². The third-order valence-corrected chi connectivity index (χ3v) is 4.62. The van der Waals surface area contributed by atoms with Crippen LogP contribution in [0, 0.1) is 11.8 Å². The van der Waals surface area contributed by atoms with Gasteiger partial charge in [-0.1, -0.05) is 48.4 Å². The van der Waals surface area contributed by atoms with Crippen LogP contribution in [0.2, 0.25) is 0 Å². The molecule has 6 nitrogen and oxygen atoms in total. The van der Waals surface area contributed by atoms with Crippen LogP contribution >= 0.6 is 0 Å². The third-order valence-electron chi connectivity index (χ3n) is 4.62. The smallest absolute Gasteiger partial charge is 0.307 e. The highest BCUT2D eigenvalue weighted by Crippen LogP contribution is 2.40. The fourth-order valence-corrected chi connectivity index (χ4v) is 3.59. The number of rotatable bonds is 6. The Balaban J connectivity index is 1.91. The van der Waals surface area contributed by atoms with E-state index in [2.05, 4.69) is 20.6 Å². The summed E-state index contributed by atoms with van der Waals surface area (Å²) in [5, 5.41) is 24.0. The van der Waals surface area contributed by atoms with Crippen LogP contribution in [0.1, 0.15) is 43.0 Å². The van der Waals surface area contributed by atoms with Gasteiger partial charge in [0, 0.05) is 5.92 Å². The molecule has 1 fully saturated rings. The van der Waals surface area contributed by atoms with Crippen molar-refractivity contribution in [2.75, 3.05) is 0 Å². The van der Waals surface area contributed by atoms with Gasteiger partial charge < -0.3 is 5.11 Å². The molecular weight excluding hydrogens is 280 g/mol. The van der Waals surface area contributed by atoms with Crippen molar-refractivity contribution in [3.8, 4) is 0 Å². The van der Waals surface area contributed by atoms with Crippen molar-refractivity contribution in [2.45, 2.75) is 38.0 Å². The lowest BCUT2D eigenvalue weighted by molar-refractivity contribution is -0.144. The molecule has 0 aliphatic heterocycles. The molecule has 1 aromatic heterocycles. The first-order valence-corrected chi connectivity index (χ1v) is 7.76. The van der Waals surface area contributed by atoms with Gasteiger partial charge in [0.1, 0.15) is 0 Å². The number of carboxylic acid groups (broad SMARTS) is 1. The van der Waals surface area contributed by atoms with Crippen LogP contribution in [0.15, 0.2) is 30.3 Å². The summed E-state index contributed by atoms with van der Waals surface area (Å²) in [5.74, 6) is -0.757. The number of benzene rings is 1. The number of hydrogen-bond acceptors (Lipinski definition) is 4. The minimum absolute atomic E-state index is 0.199. The summed E-state index contributed by atoms with van der Waals surface area (Å²) in [7, 11) is 0. The lowest BCUT2D eigenvalue weighted by atomic mass is 9.77. The molecule has 0 saturated heterocycles. The van der Waals surface area contributed by atoms with E-state index >= 15 is 0 Å². The summed E-state index contributed by atoms with van der Waals surface area (Å²) in [5.41, 5.74) is 1.10. The second-order valence-electron chi connectivity index (χ2n) is 5.97. The maximum Gasteiger partial charge on any atom is 0.307 e. The first-order valence-electron chi connectivity index (χ1n) is 7.76. The van der Waals surface area contributed by atoms with Crippen molar-refractivity contribution >= 4 is 5.97 Å². The fourth-order valence-electron chi connectivity index (χ4n) is 3.59. The monoisotopic (exact) mass is 300 g/mol. The molecule has 116 valence electrons. The average Bonchev–Trinajstić information content (AvgIpc) is 3.21. The summed E-state index contributed by atoms with van der Waals surface area (Å²) in [4.78, 5) is 11.9. The van der Waals surface area contributed by atoms with Gasteiger partial charge in [-0.3, -0.25) is 4.79 Å². The standard InChI is InChI=1S/C16H20N4O2/c21-16(22)14(12-8-4-5-9-12)13(15-17-19-20-18-15)10-11-6-2-1-3-7-11/h1-3,6-7,12-14H,4-5,8-10H2,(H,21,22)(H,17,18,19,20)/t13-,14-/m0/s1. The number of nitrogens with one attached hydrogen (secondary N) is 1. The van der Waals surface area contributed by atoms with Gasteiger partial charge >= 0.3 is 5.97 Å². The molecule has 0 radical (unpaired) electrons. The lowest BCUT2D eigenvalue weighted by Crippen LogP contribution is -2.30. The molecule has 0 unspecified atom stereocenters. The molecular formula is C16H20N4O2. The number of carbonyl (C=O) groups is 1. The van der Waals surface area contributed by atoms with Gasteiger partial charge in [0.25, 0.3) is 0 Å². The largest absolute Gasteiger partial charge is 0.481 e. The number of H-pyrrole nitrogens is 1. The Bertz CT molecular complexity index is 594. The molecule has 2 aromatic rings. The zero-order valence-corrected chi connectivity index (χ0v) is 12.4. The molecule has 0 spiro atoms. The van der Waals surface area contributed by atoms with Crippen LogP contribution in [0.25, 0.3) is 0 Å². The van der Waals surface area contributed by atoms with E-state index in [1.807, 2.05) is 30.3 Å². The van der Waals surface area contributed by atoms with Crippen LogP contribution < -0.4 is 0 Å². The van der Waals surface area contributed by atoms with E-state index < -0.39 is 11.9 Å². The molecule has 6 heteroatoms. The number of aliphatic carboxylic acids is 1. The van der Waals surface area contributed by atoms with Crippen LogP contribution in [0.5, 0.6) is 0 Å². The molecule has 1 aliphatic carbocycles. The van der Waals surface area contributed by atoms with E-state index in [1.165, 1.54) is 0 Å². The predicted molar refractivity (Wildman–Crippen MR) is 80.1 cm³/mol. The van der Waals surface area contributed by atoms with Crippen molar-refractivity contribution in [2.24, 2.45) is 11.8 Å². The zero-order chi connectivity index (χ0) is 15.4. The van der Waals surface area contributed by atoms with E-state index in [1.54, 1.807) is 0 Å². The Morgan fingerprint density at radius 3 is 2.59 bits per heavy atom. The molecule has 22 heavy (non-hydrogen) atoms. The third kappa shape index (κ3) is 3.16. The number of nitrogens with zero attached hydrogens (tertiary/aromatic N) is 3. The second kappa shape index (κ2) is 6.68. The predicted octanol–water partition coefficient (Wildman–Crippen LogP) is 2.42. The van der Waals surface area contributed by atoms with Crippen LogP contribution in [-0.2, 0) is 11.2 Å². The van der Waals surface area contributed by atoms with Gasteiger partial charge in [-0.15, -0.1) is 10.2 Å². The highest BCUT2D eigenvalue weighted by atomic mass is 16.4.